The Bertz CT molecular complexity index is 374. The SMILES string of the molecule is C=COCCCC(CCCCCCCCC)(OCC1CO1)C1CCCCC1. The van der Waals surface area contributed by atoms with Crippen molar-refractivity contribution in [3.8, 4) is 0 Å². The van der Waals surface area contributed by atoms with Gasteiger partial charge in [0, 0.05) is 0 Å². The van der Waals surface area contributed by atoms with E-state index in [1.54, 1.807) is 6.26 Å². The standard InChI is InChI=1S/C24H44O3/c1-3-5-6-7-8-9-13-17-24(18-14-19-25-4-2,27-21-23-20-26-23)22-15-11-10-12-16-22/h4,22-23H,2-3,5-21H2,1H3. The molecule has 0 aromatic heterocycles. The van der Waals surface area contributed by atoms with Crippen LogP contribution < -0.4 is 0 Å². The molecule has 1 heterocycles. The average Bonchev–Trinajstić information content (AvgIpc) is 3.53. The predicted molar refractivity (Wildman–Crippen MR) is 113 cm³/mol. The van der Waals surface area contributed by atoms with Crippen molar-refractivity contribution >= 4 is 0 Å². The van der Waals surface area contributed by atoms with Gasteiger partial charge in [0.05, 0.1) is 31.7 Å². The van der Waals surface area contributed by atoms with Gasteiger partial charge in [-0.3, -0.25) is 0 Å². The Morgan fingerprint density at radius 1 is 0.963 bits per heavy atom. The van der Waals surface area contributed by atoms with Crippen molar-refractivity contribution in [1.82, 2.24) is 0 Å². The maximum Gasteiger partial charge on any atom is 0.104 e. The monoisotopic (exact) mass is 380 g/mol. The fourth-order valence-corrected chi connectivity index (χ4v) is 4.77. The van der Waals surface area contributed by atoms with Gasteiger partial charge in [0.1, 0.15) is 6.10 Å². The van der Waals surface area contributed by atoms with E-state index in [4.69, 9.17) is 14.2 Å². The van der Waals surface area contributed by atoms with Gasteiger partial charge in [0.25, 0.3) is 0 Å². The molecule has 2 unspecified atom stereocenters. The Morgan fingerprint density at radius 2 is 1.63 bits per heavy atom. The third-order valence-electron chi connectivity index (χ3n) is 6.49. The van der Waals surface area contributed by atoms with Crippen molar-refractivity contribution in [2.75, 3.05) is 19.8 Å². The molecule has 0 amide bonds. The maximum atomic E-state index is 6.71. The Labute approximate surface area is 168 Å². The summed E-state index contributed by atoms with van der Waals surface area (Å²) >= 11 is 0. The van der Waals surface area contributed by atoms with Crippen LogP contribution in [0.5, 0.6) is 0 Å². The van der Waals surface area contributed by atoms with Gasteiger partial charge in [0.15, 0.2) is 0 Å². The Morgan fingerprint density at radius 3 is 2.30 bits per heavy atom. The van der Waals surface area contributed by atoms with Gasteiger partial charge >= 0.3 is 0 Å². The third kappa shape index (κ3) is 9.00. The highest BCUT2D eigenvalue weighted by atomic mass is 16.6. The van der Waals surface area contributed by atoms with E-state index in [1.807, 2.05) is 0 Å². The summed E-state index contributed by atoms with van der Waals surface area (Å²) in [6.45, 7) is 8.40. The van der Waals surface area contributed by atoms with Crippen LogP contribution >= 0.6 is 0 Å². The minimum absolute atomic E-state index is 0.0420. The number of hydrogen-bond donors (Lipinski definition) is 0. The molecular weight excluding hydrogens is 336 g/mol. The van der Waals surface area contributed by atoms with Crippen LogP contribution in [0.25, 0.3) is 0 Å². The van der Waals surface area contributed by atoms with Gasteiger partial charge in [0.2, 0.25) is 0 Å². The average molecular weight is 381 g/mol. The number of epoxide rings is 1. The quantitative estimate of drug-likeness (QED) is 0.158. The molecule has 2 rings (SSSR count). The fourth-order valence-electron chi connectivity index (χ4n) is 4.77. The van der Waals surface area contributed by atoms with Gasteiger partial charge in [-0.15, -0.1) is 0 Å². The fraction of sp³-hybridized carbons (Fsp3) is 0.917. The van der Waals surface area contributed by atoms with Gasteiger partial charge in [-0.1, -0.05) is 77.7 Å². The van der Waals surface area contributed by atoms with Crippen molar-refractivity contribution in [2.45, 2.75) is 115 Å². The minimum atomic E-state index is 0.0420. The zero-order valence-electron chi connectivity index (χ0n) is 17.9. The summed E-state index contributed by atoms with van der Waals surface area (Å²) in [7, 11) is 0. The molecule has 27 heavy (non-hydrogen) atoms. The van der Waals surface area contributed by atoms with Crippen molar-refractivity contribution < 1.29 is 14.2 Å². The van der Waals surface area contributed by atoms with E-state index in [0.717, 1.165) is 32.7 Å². The van der Waals surface area contributed by atoms with Crippen LogP contribution in [0.1, 0.15) is 103 Å². The van der Waals surface area contributed by atoms with Crippen molar-refractivity contribution in [2.24, 2.45) is 5.92 Å². The molecule has 0 N–H and O–H groups in total. The van der Waals surface area contributed by atoms with Crippen molar-refractivity contribution in [3.05, 3.63) is 12.8 Å². The van der Waals surface area contributed by atoms with E-state index >= 15 is 0 Å². The summed E-state index contributed by atoms with van der Waals surface area (Å²) in [6.07, 6.45) is 21.7. The third-order valence-corrected chi connectivity index (χ3v) is 6.49. The number of ether oxygens (including phenoxy) is 3. The van der Waals surface area contributed by atoms with Gasteiger partial charge in [-0.2, -0.15) is 0 Å². The molecule has 1 saturated heterocycles. The molecule has 3 nitrogen and oxygen atoms in total. The normalized spacial score (nSPS) is 22.3. The first-order valence-corrected chi connectivity index (χ1v) is 11.8. The van der Waals surface area contributed by atoms with Gasteiger partial charge in [-0.05, 0) is 38.0 Å². The molecule has 0 aromatic rings. The lowest BCUT2D eigenvalue weighted by molar-refractivity contribution is -0.115. The molecule has 3 heteroatoms. The molecular formula is C24H44O3. The summed E-state index contributed by atoms with van der Waals surface area (Å²) in [6, 6.07) is 0. The summed E-state index contributed by atoms with van der Waals surface area (Å²) in [5.74, 6) is 0.717. The van der Waals surface area contributed by atoms with Crippen LogP contribution in [-0.2, 0) is 14.2 Å². The van der Waals surface area contributed by atoms with Crippen LogP contribution in [0, 0.1) is 5.92 Å². The van der Waals surface area contributed by atoms with Crippen LogP contribution in [0.4, 0.5) is 0 Å². The van der Waals surface area contributed by atoms with Crippen LogP contribution in [-0.4, -0.2) is 31.5 Å². The largest absolute Gasteiger partial charge is 0.502 e. The molecule has 1 aliphatic carbocycles. The smallest absolute Gasteiger partial charge is 0.104 e. The lowest BCUT2D eigenvalue weighted by Gasteiger charge is -2.43. The van der Waals surface area contributed by atoms with E-state index in [9.17, 15) is 0 Å². The first-order chi connectivity index (χ1) is 13.3. The van der Waals surface area contributed by atoms with Crippen LogP contribution in [0.3, 0.4) is 0 Å². The molecule has 2 fully saturated rings. The predicted octanol–water partition coefficient (Wildman–Crippen LogP) is 6.80. The molecule has 2 atom stereocenters. The van der Waals surface area contributed by atoms with E-state index in [0.29, 0.717) is 12.0 Å². The molecule has 158 valence electrons. The second-order valence-corrected chi connectivity index (χ2v) is 8.68. The van der Waals surface area contributed by atoms with Crippen molar-refractivity contribution in [1.29, 1.82) is 0 Å². The zero-order valence-corrected chi connectivity index (χ0v) is 17.9. The lowest BCUT2D eigenvalue weighted by atomic mass is 9.72. The number of unbranched alkanes of at least 4 members (excludes halogenated alkanes) is 6. The Kier molecular flexibility index (Phi) is 11.5. The molecule has 0 spiro atoms. The minimum Gasteiger partial charge on any atom is -0.502 e. The van der Waals surface area contributed by atoms with Crippen LogP contribution in [0.2, 0.25) is 0 Å². The number of hydrogen-bond acceptors (Lipinski definition) is 3. The molecule has 0 aromatic carbocycles. The number of rotatable bonds is 17. The van der Waals surface area contributed by atoms with Gasteiger partial charge in [-0.25, -0.2) is 0 Å². The van der Waals surface area contributed by atoms with Crippen molar-refractivity contribution in [3.63, 3.8) is 0 Å². The van der Waals surface area contributed by atoms with E-state index in [2.05, 4.69) is 13.5 Å². The second-order valence-electron chi connectivity index (χ2n) is 8.68. The summed E-state index contributed by atoms with van der Waals surface area (Å²) in [4.78, 5) is 0. The van der Waals surface area contributed by atoms with E-state index < -0.39 is 0 Å². The maximum absolute atomic E-state index is 6.71. The Balaban J connectivity index is 1.88. The highest BCUT2D eigenvalue weighted by molar-refractivity contribution is 4.91. The summed E-state index contributed by atoms with van der Waals surface area (Å²) in [5, 5.41) is 0. The zero-order chi connectivity index (χ0) is 19.2. The molecule has 0 bridgehead atoms. The molecule has 1 aliphatic heterocycles. The van der Waals surface area contributed by atoms with E-state index in [-0.39, 0.29) is 5.60 Å². The summed E-state index contributed by atoms with van der Waals surface area (Å²) in [5.41, 5.74) is 0.0420. The van der Waals surface area contributed by atoms with Gasteiger partial charge < -0.3 is 14.2 Å². The summed E-state index contributed by atoms with van der Waals surface area (Å²) < 4.78 is 17.6. The van der Waals surface area contributed by atoms with E-state index in [1.165, 1.54) is 83.5 Å². The molecule has 0 radical (unpaired) electrons. The highest BCUT2D eigenvalue weighted by Crippen LogP contribution is 2.42. The topological polar surface area (TPSA) is 31.0 Å². The molecule has 2 aliphatic rings. The first-order valence-electron chi connectivity index (χ1n) is 11.8. The highest BCUT2D eigenvalue weighted by Gasteiger charge is 2.41. The van der Waals surface area contributed by atoms with Crippen LogP contribution in [0.15, 0.2) is 12.8 Å². The molecule has 1 saturated carbocycles. The first kappa shape index (κ1) is 22.7. The second kappa shape index (κ2) is 13.6. The lowest BCUT2D eigenvalue weighted by Crippen LogP contribution is -2.43. The Hall–Kier alpha value is -0.540.